The number of nitro benzene ring substituents is 1. The molecule has 98 valence electrons. The number of rotatable bonds is 4. The number of likely N-dealkylation sites (N-methyl/N-ethyl adjacent to an activating group) is 1. The first-order valence-electron chi connectivity index (χ1n) is 5.22. The molecule has 0 saturated heterocycles. The molecule has 7 heteroatoms. The zero-order valence-corrected chi connectivity index (χ0v) is 11.9. The van der Waals surface area contributed by atoms with Crippen LogP contribution in [-0.2, 0) is 4.79 Å². The van der Waals surface area contributed by atoms with Crippen molar-refractivity contribution in [2.75, 3.05) is 12.4 Å². The third-order valence-electron chi connectivity index (χ3n) is 2.59. The van der Waals surface area contributed by atoms with Gasteiger partial charge in [-0.3, -0.25) is 14.9 Å². The van der Waals surface area contributed by atoms with Gasteiger partial charge in [0.25, 0.3) is 5.69 Å². The van der Waals surface area contributed by atoms with Crippen LogP contribution in [0.2, 0.25) is 0 Å². The molecule has 0 aliphatic carbocycles. The lowest BCUT2D eigenvalue weighted by molar-refractivity contribution is -0.385. The zero-order chi connectivity index (χ0) is 13.9. The standard InChI is InChI=1S/C11H14BrN3O3/c1-11(2,13-3)10(16)14-7-4-5-8(12)9(6-7)15(17)18/h4-6,13H,1-3H3,(H,14,16). The Morgan fingerprint density at radius 3 is 2.56 bits per heavy atom. The molecular weight excluding hydrogens is 302 g/mol. The molecule has 1 aromatic carbocycles. The van der Waals surface area contributed by atoms with Crippen molar-refractivity contribution in [3.63, 3.8) is 0 Å². The molecule has 0 heterocycles. The van der Waals surface area contributed by atoms with Crippen LogP contribution in [0, 0.1) is 10.1 Å². The van der Waals surface area contributed by atoms with Gasteiger partial charge < -0.3 is 10.6 Å². The van der Waals surface area contributed by atoms with E-state index in [4.69, 9.17) is 0 Å². The summed E-state index contributed by atoms with van der Waals surface area (Å²) >= 11 is 3.08. The molecule has 0 atom stereocenters. The van der Waals surface area contributed by atoms with Crippen molar-refractivity contribution >= 4 is 33.2 Å². The Morgan fingerprint density at radius 1 is 1.44 bits per heavy atom. The first kappa shape index (κ1) is 14.6. The summed E-state index contributed by atoms with van der Waals surface area (Å²) in [7, 11) is 1.67. The van der Waals surface area contributed by atoms with E-state index >= 15 is 0 Å². The second kappa shape index (κ2) is 5.45. The molecule has 6 nitrogen and oxygen atoms in total. The van der Waals surface area contributed by atoms with E-state index in [1.165, 1.54) is 12.1 Å². The van der Waals surface area contributed by atoms with Crippen molar-refractivity contribution in [1.29, 1.82) is 0 Å². The molecule has 0 aromatic heterocycles. The van der Waals surface area contributed by atoms with Gasteiger partial charge in [0.1, 0.15) is 0 Å². The molecule has 1 amide bonds. The summed E-state index contributed by atoms with van der Waals surface area (Å²) in [4.78, 5) is 22.1. The summed E-state index contributed by atoms with van der Waals surface area (Å²) in [6, 6.07) is 4.44. The number of hydrogen-bond acceptors (Lipinski definition) is 4. The first-order chi connectivity index (χ1) is 8.27. The topological polar surface area (TPSA) is 84.3 Å². The van der Waals surface area contributed by atoms with Crippen LogP contribution in [0.3, 0.4) is 0 Å². The van der Waals surface area contributed by atoms with Crippen LogP contribution in [0.15, 0.2) is 22.7 Å². The smallest absolute Gasteiger partial charge is 0.285 e. The predicted octanol–water partition coefficient (Wildman–Crippen LogP) is 2.29. The summed E-state index contributed by atoms with van der Waals surface area (Å²) in [6.07, 6.45) is 0. The third kappa shape index (κ3) is 3.27. The number of nitro groups is 1. The Labute approximate surface area is 113 Å². The summed E-state index contributed by atoms with van der Waals surface area (Å²) < 4.78 is 0.373. The summed E-state index contributed by atoms with van der Waals surface area (Å²) in [5.74, 6) is -0.262. The minimum absolute atomic E-state index is 0.0879. The molecule has 1 rings (SSSR count). The number of nitrogens with zero attached hydrogens (tertiary/aromatic N) is 1. The summed E-state index contributed by atoms with van der Waals surface area (Å²) in [6.45, 7) is 3.44. The number of hydrogen-bond donors (Lipinski definition) is 2. The summed E-state index contributed by atoms with van der Waals surface area (Å²) in [5.41, 5.74) is -0.449. The molecule has 0 aliphatic heterocycles. The summed E-state index contributed by atoms with van der Waals surface area (Å²) in [5, 5.41) is 16.2. The minimum atomic E-state index is -0.748. The lowest BCUT2D eigenvalue weighted by Crippen LogP contribution is -2.47. The van der Waals surface area contributed by atoms with Crippen molar-refractivity contribution in [2.24, 2.45) is 0 Å². The number of benzene rings is 1. The van der Waals surface area contributed by atoms with E-state index in [0.29, 0.717) is 10.2 Å². The van der Waals surface area contributed by atoms with Crippen molar-refractivity contribution in [1.82, 2.24) is 5.32 Å². The predicted molar refractivity (Wildman–Crippen MR) is 72.6 cm³/mol. The number of carbonyl (C=O) groups is 1. The van der Waals surface area contributed by atoms with Gasteiger partial charge in [0.15, 0.2) is 0 Å². The molecule has 1 aromatic rings. The maximum Gasteiger partial charge on any atom is 0.285 e. The molecule has 2 N–H and O–H groups in total. The van der Waals surface area contributed by atoms with Crippen LogP contribution in [-0.4, -0.2) is 23.4 Å². The van der Waals surface area contributed by atoms with Crippen molar-refractivity contribution in [3.8, 4) is 0 Å². The molecule has 0 fully saturated rings. The molecule has 0 radical (unpaired) electrons. The molecule has 0 spiro atoms. The van der Waals surface area contributed by atoms with Gasteiger partial charge in [0.05, 0.1) is 14.9 Å². The Morgan fingerprint density at radius 2 is 2.06 bits per heavy atom. The minimum Gasteiger partial charge on any atom is -0.324 e. The Hall–Kier alpha value is -1.47. The third-order valence-corrected chi connectivity index (χ3v) is 3.26. The van der Waals surface area contributed by atoms with Crippen LogP contribution < -0.4 is 10.6 Å². The number of halogens is 1. The highest BCUT2D eigenvalue weighted by molar-refractivity contribution is 9.10. The fourth-order valence-electron chi connectivity index (χ4n) is 1.13. The lowest BCUT2D eigenvalue weighted by atomic mass is 10.1. The van der Waals surface area contributed by atoms with Crippen LogP contribution in [0.5, 0.6) is 0 Å². The van der Waals surface area contributed by atoms with Gasteiger partial charge in [0, 0.05) is 11.8 Å². The Balaban J connectivity index is 2.96. The second-order valence-electron chi connectivity index (χ2n) is 4.25. The fourth-order valence-corrected chi connectivity index (χ4v) is 1.52. The van der Waals surface area contributed by atoms with Crippen molar-refractivity contribution in [2.45, 2.75) is 19.4 Å². The largest absolute Gasteiger partial charge is 0.324 e. The van der Waals surface area contributed by atoms with E-state index < -0.39 is 10.5 Å². The highest BCUT2D eigenvalue weighted by Crippen LogP contribution is 2.28. The van der Waals surface area contributed by atoms with Gasteiger partial charge in [-0.2, -0.15) is 0 Å². The number of amides is 1. The van der Waals surface area contributed by atoms with E-state index in [-0.39, 0.29) is 11.6 Å². The fraction of sp³-hybridized carbons (Fsp3) is 0.364. The van der Waals surface area contributed by atoms with E-state index in [9.17, 15) is 14.9 Å². The van der Waals surface area contributed by atoms with Gasteiger partial charge in [0.2, 0.25) is 5.91 Å². The van der Waals surface area contributed by atoms with Crippen LogP contribution in [0.4, 0.5) is 11.4 Å². The average Bonchev–Trinajstić information content (AvgIpc) is 2.31. The molecule has 0 saturated carbocycles. The maximum atomic E-state index is 11.9. The molecule has 18 heavy (non-hydrogen) atoms. The molecule has 0 bridgehead atoms. The highest BCUT2D eigenvalue weighted by atomic mass is 79.9. The Bertz CT molecular complexity index is 488. The van der Waals surface area contributed by atoms with Gasteiger partial charge in [-0.05, 0) is 49.0 Å². The average molecular weight is 316 g/mol. The van der Waals surface area contributed by atoms with E-state index in [0.717, 1.165) is 0 Å². The molecule has 0 unspecified atom stereocenters. The van der Waals surface area contributed by atoms with Crippen molar-refractivity contribution < 1.29 is 9.72 Å². The number of anilines is 1. The number of nitrogens with one attached hydrogen (secondary N) is 2. The lowest BCUT2D eigenvalue weighted by Gasteiger charge is -2.22. The quantitative estimate of drug-likeness (QED) is 0.659. The monoisotopic (exact) mass is 315 g/mol. The van der Waals surface area contributed by atoms with Crippen molar-refractivity contribution in [3.05, 3.63) is 32.8 Å². The zero-order valence-electron chi connectivity index (χ0n) is 10.3. The molecular formula is C11H14BrN3O3. The normalized spacial score (nSPS) is 11.1. The Kier molecular flexibility index (Phi) is 4.42. The van der Waals surface area contributed by atoms with Crippen LogP contribution in [0.25, 0.3) is 0 Å². The van der Waals surface area contributed by atoms with Gasteiger partial charge in [-0.1, -0.05) is 0 Å². The molecule has 0 aliphatic rings. The second-order valence-corrected chi connectivity index (χ2v) is 5.11. The highest BCUT2D eigenvalue weighted by Gasteiger charge is 2.25. The first-order valence-corrected chi connectivity index (χ1v) is 6.01. The number of carbonyl (C=O) groups excluding carboxylic acids is 1. The SMILES string of the molecule is CNC(C)(C)C(=O)Nc1ccc(Br)c([N+](=O)[O-])c1. The van der Waals surface area contributed by atoms with Gasteiger partial charge in [-0.15, -0.1) is 0 Å². The van der Waals surface area contributed by atoms with E-state index in [1.807, 2.05) is 0 Å². The van der Waals surface area contributed by atoms with E-state index in [1.54, 1.807) is 27.0 Å². The van der Waals surface area contributed by atoms with Crippen LogP contribution >= 0.6 is 15.9 Å². The van der Waals surface area contributed by atoms with Gasteiger partial charge >= 0.3 is 0 Å². The maximum absolute atomic E-state index is 11.9. The van der Waals surface area contributed by atoms with Gasteiger partial charge in [-0.25, -0.2) is 0 Å². The van der Waals surface area contributed by atoms with Crippen LogP contribution in [0.1, 0.15) is 13.8 Å². The van der Waals surface area contributed by atoms with E-state index in [2.05, 4.69) is 26.6 Å².